The molecule has 0 amide bonds. The van der Waals surface area contributed by atoms with Gasteiger partial charge in [-0.25, -0.2) is 8.42 Å². The highest BCUT2D eigenvalue weighted by Crippen LogP contribution is 2.25. The van der Waals surface area contributed by atoms with Gasteiger partial charge in [0.25, 0.3) is 0 Å². The predicted molar refractivity (Wildman–Crippen MR) is 73.6 cm³/mol. The molecule has 1 fully saturated rings. The molecule has 1 heterocycles. The molecule has 1 saturated heterocycles. The van der Waals surface area contributed by atoms with E-state index in [-0.39, 0.29) is 16.2 Å². The molecule has 106 valence electrons. The third-order valence-corrected chi connectivity index (χ3v) is 5.62. The standard InChI is InChI=1S/C13H20N2O3S/c1-13(2)10-15(9-8-14(13)3)19(17,18)12-6-4-11(16)5-7-12/h4-7,16H,8-10H2,1-3H3. The topological polar surface area (TPSA) is 60.9 Å². The van der Waals surface area contributed by atoms with Crippen LogP contribution in [0.2, 0.25) is 0 Å². The molecule has 2 rings (SSSR count). The number of likely N-dealkylation sites (N-methyl/N-ethyl adjacent to an activating group) is 1. The lowest BCUT2D eigenvalue weighted by Gasteiger charge is -2.44. The quantitative estimate of drug-likeness (QED) is 0.883. The zero-order valence-corrected chi connectivity index (χ0v) is 12.3. The van der Waals surface area contributed by atoms with Gasteiger partial charge in [0.1, 0.15) is 5.75 Å². The van der Waals surface area contributed by atoms with Crippen molar-refractivity contribution in [2.24, 2.45) is 0 Å². The van der Waals surface area contributed by atoms with E-state index in [1.807, 2.05) is 20.9 Å². The van der Waals surface area contributed by atoms with Crippen molar-refractivity contribution in [1.29, 1.82) is 0 Å². The number of rotatable bonds is 2. The lowest BCUT2D eigenvalue weighted by atomic mass is 10.0. The fourth-order valence-corrected chi connectivity index (χ4v) is 3.75. The molecule has 1 aliphatic heterocycles. The molecule has 1 N–H and O–H groups in total. The second kappa shape index (κ2) is 4.77. The Labute approximate surface area is 114 Å². The van der Waals surface area contributed by atoms with E-state index < -0.39 is 10.0 Å². The minimum Gasteiger partial charge on any atom is -0.508 e. The van der Waals surface area contributed by atoms with Crippen molar-refractivity contribution < 1.29 is 13.5 Å². The second-order valence-corrected chi connectivity index (χ2v) is 7.50. The van der Waals surface area contributed by atoms with Crippen LogP contribution >= 0.6 is 0 Å². The average Bonchev–Trinajstić information content (AvgIpc) is 2.33. The van der Waals surface area contributed by atoms with E-state index in [0.717, 1.165) is 0 Å². The summed E-state index contributed by atoms with van der Waals surface area (Å²) in [5.41, 5.74) is -0.178. The van der Waals surface area contributed by atoms with Crippen LogP contribution in [0.15, 0.2) is 29.2 Å². The van der Waals surface area contributed by atoms with E-state index in [9.17, 15) is 13.5 Å². The first-order chi connectivity index (χ1) is 8.73. The SMILES string of the molecule is CN1CCN(S(=O)(=O)c2ccc(O)cc2)CC1(C)C. The highest BCUT2D eigenvalue weighted by molar-refractivity contribution is 7.89. The van der Waals surface area contributed by atoms with Gasteiger partial charge in [-0.3, -0.25) is 4.90 Å². The van der Waals surface area contributed by atoms with E-state index >= 15 is 0 Å². The number of phenolic OH excluding ortho intramolecular Hbond substituents is 1. The van der Waals surface area contributed by atoms with Crippen LogP contribution in [0, 0.1) is 0 Å². The summed E-state index contributed by atoms with van der Waals surface area (Å²) < 4.78 is 26.6. The molecule has 1 aliphatic rings. The Hall–Kier alpha value is -1.11. The van der Waals surface area contributed by atoms with Crippen LogP contribution < -0.4 is 0 Å². The molecule has 0 unspecified atom stereocenters. The van der Waals surface area contributed by atoms with Gasteiger partial charge < -0.3 is 5.11 Å². The zero-order valence-electron chi connectivity index (χ0n) is 11.5. The van der Waals surface area contributed by atoms with E-state index in [1.54, 1.807) is 0 Å². The number of phenols is 1. The minimum atomic E-state index is -3.48. The monoisotopic (exact) mass is 284 g/mol. The normalized spacial score (nSPS) is 21.4. The summed E-state index contributed by atoms with van der Waals surface area (Å²) in [4.78, 5) is 2.39. The fourth-order valence-electron chi connectivity index (χ4n) is 2.17. The molecule has 6 heteroatoms. The average molecular weight is 284 g/mol. The van der Waals surface area contributed by atoms with Gasteiger partial charge in [0.05, 0.1) is 4.90 Å². The van der Waals surface area contributed by atoms with Crippen molar-refractivity contribution in [3.63, 3.8) is 0 Å². The van der Waals surface area contributed by atoms with Gasteiger partial charge in [0, 0.05) is 25.2 Å². The third-order valence-electron chi connectivity index (χ3n) is 3.76. The van der Waals surface area contributed by atoms with Gasteiger partial charge in [-0.15, -0.1) is 0 Å². The van der Waals surface area contributed by atoms with Gasteiger partial charge in [-0.1, -0.05) is 0 Å². The Kier molecular flexibility index (Phi) is 3.59. The molecule has 0 radical (unpaired) electrons. The summed E-state index contributed by atoms with van der Waals surface area (Å²) in [5.74, 6) is 0.0673. The van der Waals surface area contributed by atoms with Crippen molar-refractivity contribution in [2.45, 2.75) is 24.3 Å². The Balaban J connectivity index is 2.28. The van der Waals surface area contributed by atoms with Crippen LogP contribution in [-0.4, -0.2) is 55.0 Å². The van der Waals surface area contributed by atoms with Crippen LogP contribution in [0.5, 0.6) is 5.75 Å². The Morgan fingerprint density at radius 1 is 1.16 bits per heavy atom. The smallest absolute Gasteiger partial charge is 0.243 e. The first-order valence-corrected chi connectivity index (χ1v) is 7.68. The Morgan fingerprint density at radius 2 is 1.74 bits per heavy atom. The molecule has 1 aromatic rings. The van der Waals surface area contributed by atoms with Crippen molar-refractivity contribution in [3.8, 4) is 5.75 Å². The summed E-state index contributed by atoms with van der Waals surface area (Å²) in [5, 5.41) is 9.24. The highest BCUT2D eigenvalue weighted by Gasteiger charge is 2.37. The molecule has 0 bridgehead atoms. The number of aromatic hydroxyl groups is 1. The van der Waals surface area contributed by atoms with Crippen LogP contribution in [0.4, 0.5) is 0 Å². The first kappa shape index (κ1) is 14.3. The third kappa shape index (κ3) is 2.75. The molecule has 0 spiro atoms. The molecule has 19 heavy (non-hydrogen) atoms. The van der Waals surface area contributed by atoms with E-state index in [0.29, 0.717) is 19.6 Å². The number of hydrogen-bond donors (Lipinski definition) is 1. The molecular weight excluding hydrogens is 264 g/mol. The van der Waals surface area contributed by atoms with Gasteiger partial charge >= 0.3 is 0 Å². The number of benzene rings is 1. The lowest BCUT2D eigenvalue weighted by molar-refractivity contribution is 0.0801. The number of piperazine rings is 1. The van der Waals surface area contributed by atoms with Crippen molar-refractivity contribution in [3.05, 3.63) is 24.3 Å². The van der Waals surface area contributed by atoms with Gasteiger partial charge in [0.2, 0.25) is 10.0 Å². The minimum absolute atomic E-state index is 0.0673. The van der Waals surface area contributed by atoms with Crippen molar-refractivity contribution >= 4 is 10.0 Å². The van der Waals surface area contributed by atoms with Crippen LogP contribution in [0.25, 0.3) is 0 Å². The summed E-state index contributed by atoms with van der Waals surface area (Å²) in [7, 11) is -1.47. The van der Waals surface area contributed by atoms with E-state index in [4.69, 9.17) is 0 Å². The molecule has 0 saturated carbocycles. The highest BCUT2D eigenvalue weighted by atomic mass is 32.2. The summed E-state index contributed by atoms with van der Waals surface area (Å²) in [6, 6.07) is 5.67. The van der Waals surface area contributed by atoms with E-state index in [1.165, 1.54) is 28.6 Å². The van der Waals surface area contributed by atoms with Crippen molar-refractivity contribution in [1.82, 2.24) is 9.21 Å². The number of nitrogens with zero attached hydrogens (tertiary/aromatic N) is 2. The molecule has 0 atom stereocenters. The Bertz CT molecular complexity index is 552. The largest absolute Gasteiger partial charge is 0.508 e. The maximum Gasteiger partial charge on any atom is 0.243 e. The molecular formula is C13H20N2O3S. The summed E-state index contributed by atoms with van der Waals surface area (Å²) >= 11 is 0. The van der Waals surface area contributed by atoms with E-state index in [2.05, 4.69) is 4.90 Å². The fraction of sp³-hybridized carbons (Fsp3) is 0.538. The van der Waals surface area contributed by atoms with Crippen LogP contribution in [0.3, 0.4) is 0 Å². The maximum absolute atomic E-state index is 12.5. The molecule has 0 aliphatic carbocycles. The first-order valence-electron chi connectivity index (χ1n) is 6.24. The molecule has 1 aromatic carbocycles. The van der Waals surface area contributed by atoms with Crippen molar-refractivity contribution in [2.75, 3.05) is 26.7 Å². The zero-order chi connectivity index (χ0) is 14.3. The number of hydrogen-bond acceptors (Lipinski definition) is 4. The van der Waals surface area contributed by atoms with Crippen LogP contribution in [-0.2, 0) is 10.0 Å². The summed E-state index contributed by atoms with van der Waals surface area (Å²) in [6.07, 6.45) is 0. The van der Waals surface area contributed by atoms with Gasteiger partial charge in [-0.05, 0) is 45.2 Å². The predicted octanol–water partition coefficient (Wildman–Crippen LogP) is 1.11. The van der Waals surface area contributed by atoms with Gasteiger partial charge in [-0.2, -0.15) is 4.31 Å². The maximum atomic E-state index is 12.5. The van der Waals surface area contributed by atoms with Crippen LogP contribution in [0.1, 0.15) is 13.8 Å². The Morgan fingerprint density at radius 3 is 2.26 bits per heavy atom. The molecule has 0 aromatic heterocycles. The van der Waals surface area contributed by atoms with Gasteiger partial charge in [0.15, 0.2) is 0 Å². The lowest BCUT2D eigenvalue weighted by Crippen LogP contribution is -2.58. The molecule has 5 nitrogen and oxygen atoms in total. The second-order valence-electron chi connectivity index (χ2n) is 5.57. The number of sulfonamides is 1. The summed E-state index contributed by atoms with van der Waals surface area (Å²) in [6.45, 7) is 5.73.